The number of benzene rings is 2. The van der Waals surface area contributed by atoms with Crippen molar-refractivity contribution in [1.29, 1.82) is 0 Å². The van der Waals surface area contributed by atoms with E-state index in [1.54, 1.807) is 0 Å². The van der Waals surface area contributed by atoms with Crippen LogP contribution in [0.1, 0.15) is 6.92 Å². The molecule has 21 heavy (non-hydrogen) atoms. The smallest absolute Gasteiger partial charge is 0.179 e. The fourth-order valence-electron chi connectivity index (χ4n) is 2.43. The highest BCUT2D eigenvalue weighted by Gasteiger charge is 2.35. The number of carbonyl (C=O) groups excluding carboxylic acids is 1. The van der Waals surface area contributed by atoms with E-state index >= 15 is 0 Å². The summed E-state index contributed by atoms with van der Waals surface area (Å²) in [4.78, 5) is 12.2. The lowest BCUT2D eigenvalue weighted by Crippen LogP contribution is -2.26. The van der Waals surface area contributed by atoms with Crippen molar-refractivity contribution in [3.8, 4) is 0 Å². The highest BCUT2D eigenvalue weighted by atomic mass is 32.2. The van der Waals surface area contributed by atoms with Gasteiger partial charge in [-0.05, 0) is 19.4 Å². The molecule has 0 radical (unpaired) electrons. The van der Waals surface area contributed by atoms with Gasteiger partial charge in [0.25, 0.3) is 0 Å². The molecule has 0 aliphatic carbocycles. The monoisotopic (exact) mass is 318 g/mol. The van der Waals surface area contributed by atoms with Gasteiger partial charge in [-0.2, -0.15) is 10.5 Å². The van der Waals surface area contributed by atoms with E-state index in [1.165, 1.54) is 6.92 Å². The summed E-state index contributed by atoms with van der Waals surface area (Å²) < 4.78 is 14.5. The van der Waals surface area contributed by atoms with Gasteiger partial charge >= 0.3 is 0 Å². The molecule has 0 bridgehead atoms. The van der Waals surface area contributed by atoms with Crippen LogP contribution in [0.2, 0.25) is 0 Å². The van der Waals surface area contributed by atoms with E-state index in [-0.39, 0.29) is 16.3 Å². The first-order valence-corrected chi connectivity index (χ1v) is 10.4. The van der Waals surface area contributed by atoms with Crippen LogP contribution in [0.3, 0.4) is 0 Å². The summed E-state index contributed by atoms with van der Waals surface area (Å²) in [6.45, 7) is 1.51. The summed E-state index contributed by atoms with van der Waals surface area (Å²) in [5.41, 5.74) is 0. The third-order valence-electron chi connectivity index (χ3n) is 3.21. The van der Waals surface area contributed by atoms with E-state index in [0.29, 0.717) is 4.61 Å². The Kier molecular flexibility index (Phi) is 4.97. The van der Waals surface area contributed by atoms with Crippen LogP contribution in [-0.4, -0.2) is 22.9 Å². The summed E-state index contributed by atoms with van der Waals surface area (Å²) in [7, 11) is -3.42. The molecule has 0 unspecified atom stereocenters. The molecular formula is C17H19O2PS. The minimum atomic E-state index is -3.07. The molecule has 4 heteroatoms. The lowest BCUT2D eigenvalue weighted by Gasteiger charge is -2.22. The fourth-order valence-corrected chi connectivity index (χ4v) is 8.08. The van der Waals surface area contributed by atoms with E-state index in [4.69, 9.17) is 0 Å². The number of ketones is 1. The second-order valence-electron chi connectivity index (χ2n) is 4.96. The maximum absolute atomic E-state index is 13.9. The molecule has 0 spiro atoms. The standard InChI is InChI=1S/C17H19O2PS/c1-14(18)17(21(2)3)20(19,15-10-6-4-7-11-15)16-12-8-5-9-13-16/h4-13H,1-3H3. The lowest BCUT2D eigenvalue weighted by molar-refractivity contribution is -0.110. The van der Waals surface area contributed by atoms with E-state index < -0.39 is 7.14 Å². The maximum atomic E-state index is 13.9. The molecule has 2 nitrogen and oxygen atoms in total. The zero-order chi connectivity index (χ0) is 15.5. The Hall–Kier alpha value is -1.44. The Labute approximate surface area is 128 Å². The van der Waals surface area contributed by atoms with Crippen molar-refractivity contribution in [2.45, 2.75) is 6.92 Å². The molecule has 2 rings (SSSR count). The summed E-state index contributed by atoms with van der Waals surface area (Å²) in [5.74, 6) is -0.0839. The molecule has 0 atom stereocenters. The molecule has 0 aliphatic rings. The minimum absolute atomic E-state index is 0.0839. The summed E-state index contributed by atoms with van der Waals surface area (Å²) >= 11 is 0. The molecule has 0 amide bonds. The lowest BCUT2D eigenvalue weighted by atomic mass is 10.4. The Balaban J connectivity index is 2.82. The van der Waals surface area contributed by atoms with Crippen LogP contribution >= 0.6 is 17.6 Å². The van der Waals surface area contributed by atoms with Gasteiger partial charge in [0.15, 0.2) is 12.9 Å². The Bertz CT molecular complexity index is 673. The third-order valence-corrected chi connectivity index (χ3v) is 9.08. The molecule has 0 heterocycles. The van der Waals surface area contributed by atoms with Gasteiger partial charge in [-0.15, -0.1) is 0 Å². The van der Waals surface area contributed by atoms with E-state index in [0.717, 1.165) is 10.6 Å². The average molecular weight is 318 g/mol. The van der Waals surface area contributed by atoms with Gasteiger partial charge in [0, 0.05) is 10.6 Å². The largest absolute Gasteiger partial charge is 0.308 e. The van der Waals surface area contributed by atoms with Crippen molar-refractivity contribution in [2.24, 2.45) is 0 Å². The first kappa shape index (κ1) is 15.9. The molecule has 0 aromatic heterocycles. The van der Waals surface area contributed by atoms with Gasteiger partial charge in [0.1, 0.15) is 0 Å². The first-order valence-electron chi connectivity index (χ1n) is 6.65. The summed E-state index contributed by atoms with van der Waals surface area (Å²) in [5, 5.41) is 1.45. The molecule has 2 aromatic rings. The highest BCUT2D eigenvalue weighted by Crippen LogP contribution is 2.48. The van der Waals surface area contributed by atoms with E-state index in [2.05, 4.69) is 0 Å². The Morgan fingerprint density at radius 2 is 1.24 bits per heavy atom. The van der Waals surface area contributed by atoms with Crippen LogP contribution < -0.4 is 10.6 Å². The SMILES string of the molecule is CC(=O)C(=S(C)C)P(=O)(c1ccccc1)c1ccccc1. The number of hydrogen-bond donors (Lipinski definition) is 0. The van der Waals surface area contributed by atoms with Crippen LogP contribution in [0.4, 0.5) is 0 Å². The average Bonchev–Trinajstić information content (AvgIpc) is 2.48. The quantitative estimate of drug-likeness (QED) is 0.640. The van der Waals surface area contributed by atoms with Gasteiger partial charge in [0.2, 0.25) is 0 Å². The van der Waals surface area contributed by atoms with Crippen LogP contribution in [-0.2, 0) is 9.36 Å². The highest BCUT2D eigenvalue weighted by molar-refractivity contribution is 8.27. The van der Waals surface area contributed by atoms with Crippen molar-refractivity contribution in [3.05, 3.63) is 60.7 Å². The van der Waals surface area contributed by atoms with Gasteiger partial charge < -0.3 is 4.57 Å². The number of carbonyl (C=O) groups is 1. The molecule has 0 aliphatic heterocycles. The van der Waals surface area contributed by atoms with Crippen molar-refractivity contribution in [1.82, 2.24) is 0 Å². The van der Waals surface area contributed by atoms with Crippen LogP contribution in [0.5, 0.6) is 0 Å². The topological polar surface area (TPSA) is 34.1 Å². The van der Waals surface area contributed by atoms with Crippen LogP contribution in [0.15, 0.2) is 60.7 Å². The Morgan fingerprint density at radius 1 is 0.857 bits per heavy atom. The summed E-state index contributed by atoms with van der Waals surface area (Å²) in [6, 6.07) is 18.7. The Morgan fingerprint density at radius 3 is 1.52 bits per heavy atom. The normalized spacial score (nSPS) is 11.4. The van der Waals surface area contributed by atoms with Gasteiger partial charge in [-0.3, -0.25) is 4.79 Å². The zero-order valence-electron chi connectivity index (χ0n) is 12.4. The maximum Gasteiger partial charge on any atom is 0.179 e. The van der Waals surface area contributed by atoms with Crippen molar-refractivity contribution < 1.29 is 9.36 Å². The third kappa shape index (κ3) is 3.09. The van der Waals surface area contributed by atoms with Crippen molar-refractivity contribution in [3.63, 3.8) is 0 Å². The van der Waals surface area contributed by atoms with Crippen molar-refractivity contribution >= 4 is 38.6 Å². The fraction of sp³-hybridized carbons (Fsp3) is 0.176. The molecule has 0 N–H and O–H groups in total. The van der Waals surface area contributed by atoms with E-state index in [9.17, 15) is 9.36 Å². The van der Waals surface area contributed by atoms with Gasteiger partial charge in [-0.25, -0.2) is 0 Å². The second-order valence-corrected chi connectivity index (χ2v) is 10.0. The molecule has 2 aromatic carbocycles. The van der Waals surface area contributed by atoms with Gasteiger partial charge in [-0.1, -0.05) is 60.7 Å². The van der Waals surface area contributed by atoms with Crippen molar-refractivity contribution in [2.75, 3.05) is 12.5 Å². The summed E-state index contributed by atoms with van der Waals surface area (Å²) in [6.07, 6.45) is 3.91. The first-order chi connectivity index (χ1) is 9.98. The number of Topliss-reactive ketones (excluding diaryl/α,β-unsaturated/α-hetero) is 1. The molecule has 0 fully saturated rings. The molecule has 110 valence electrons. The molecule has 0 saturated carbocycles. The predicted molar refractivity (Wildman–Crippen MR) is 94.9 cm³/mol. The van der Waals surface area contributed by atoms with Gasteiger partial charge in [0.05, 0.1) is 4.61 Å². The van der Waals surface area contributed by atoms with Crippen LogP contribution in [0.25, 0.3) is 0 Å². The number of hydrogen-bond acceptors (Lipinski definition) is 2. The predicted octanol–water partition coefficient (Wildman–Crippen LogP) is 3.25. The van der Waals surface area contributed by atoms with E-state index in [1.807, 2.05) is 73.2 Å². The second kappa shape index (κ2) is 6.55. The number of rotatable bonds is 4. The molecular weight excluding hydrogens is 299 g/mol. The zero-order valence-corrected chi connectivity index (χ0v) is 14.2. The minimum Gasteiger partial charge on any atom is -0.308 e. The molecule has 0 saturated heterocycles. The van der Waals surface area contributed by atoms with Crippen LogP contribution in [0, 0.1) is 0 Å².